The highest BCUT2D eigenvalue weighted by atomic mass is 35.5. The molecule has 31 heavy (non-hydrogen) atoms. The van der Waals surface area contributed by atoms with Crippen molar-refractivity contribution in [3.05, 3.63) is 87.2 Å². The van der Waals surface area contributed by atoms with E-state index in [-0.39, 0.29) is 6.61 Å². The van der Waals surface area contributed by atoms with Gasteiger partial charge in [-0.15, -0.1) is 10.2 Å². The molecule has 4 rings (SSSR count). The maximum Gasteiger partial charge on any atom is 0.254 e. The number of hydrogen-bond acceptors (Lipinski definition) is 6. The monoisotopic (exact) mass is 471 g/mol. The van der Waals surface area contributed by atoms with E-state index in [4.69, 9.17) is 54.0 Å². The number of hydrogen-bond donors (Lipinski definition) is 0. The van der Waals surface area contributed by atoms with Gasteiger partial charge >= 0.3 is 0 Å². The Morgan fingerprint density at radius 2 is 1.68 bits per heavy atom. The number of rotatable bonds is 6. The fourth-order valence-corrected chi connectivity index (χ4v) is 3.14. The first kappa shape index (κ1) is 21.0. The highest BCUT2D eigenvalue weighted by Crippen LogP contribution is 2.34. The summed E-state index contributed by atoms with van der Waals surface area (Å²) in [6, 6.07) is 18.7. The normalized spacial score (nSPS) is 10.5. The van der Waals surface area contributed by atoms with E-state index in [2.05, 4.69) is 10.2 Å². The van der Waals surface area contributed by atoms with E-state index >= 15 is 0 Å². The Morgan fingerprint density at radius 1 is 0.871 bits per heavy atom. The Morgan fingerprint density at radius 3 is 2.45 bits per heavy atom. The van der Waals surface area contributed by atoms with Crippen LogP contribution in [-0.4, -0.2) is 10.2 Å². The van der Waals surface area contributed by atoms with E-state index in [1.165, 1.54) is 6.07 Å². The molecule has 0 radical (unpaired) electrons. The lowest BCUT2D eigenvalue weighted by Gasteiger charge is -2.10. The minimum Gasteiger partial charge on any atom is -0.484 e. The number of aromatic nitrogens is 2. The van der Waals surface area contributed by atoms with Crippen molar-refractivity contribution in [2.45, 2.75) is 6.61 Å². The lowest BCUT2D eigenvalue weighted by molar-refractivity contribution is 0.263. The second kappa shape index (κ2) is 9.27. The third-order valence-electron chi connectivity index (χ3n) is 4.05. The summed E-state index contributed by atoms with van der Waals surface area (Å²) < 4.78 is 17.1. The van der Waals surface area contributed by atoms with Crippen LogP contribution in [0.15, 0.2) is 65.1 Å². The van der Waals surface area contributed by atoms with Crippen molar-refractivity contribution in [1.82, 2.24) is 10.2 Å². The van der Waals surface area contributed by atoms with Gasteiger partial charge in [0.1, 0.15) is 17.2 Å². The smallest absolute Gasteiger partial charge is 0.254 e. The molecule has 0 aliphatic carbocycles. The zero-order chi connectivity index (χ0) is 21.8. The molecule has 0 amide bonds. The summed E-state index contributed by atoms with van der Waals surface area (Å²) in [4.78, 5) is 0. The van der Waals surface area contributed by atoms with Crippen LogP contribution >= 0.6 is 34.8 Å². The summed E-state index contributed by atoms with van der Waals surface area (Å²) in [6.07, 6.45) is 0. The molecule has 9 heteroatoms. The van der Waals surface area contributed by atoms with Gasteiger partial charge in [0.25, 0.3) is 5.89 Å². The van der Waals surface area contributed by atoms with Crippen LogP contribution in [-0.2, 0) is 6.61 Å². The van der Waals surface area contributed by atoms with E-state index < -0.39 is 0 Å². The summed E-state index contributed by atoms with van der Waals surface area (Å²) >= 11 is 18.1. The quantitative estimate of drug-likeness (QED) is 0.302. The summed E-state index contributed by atoms with van der Waals surface area (Å²) in [5.74, 6) is 1.87. The summed E-state index contributed by atoms with van der Waals surface area (Å²) in [6.45, 7) is 0.0530. The van der Waals surface area contributed by atoms with Crippen LogP contribution in [0.1, 0.15) is 11.5 Å². The van der Waals surface area contributed by atoms with Crippen LogP contribution < -0.4 is 9.47 Å². The molecule has 0 saturated carbocycles. The summed E-state index contributed by atoms with van der Waals surface area (Å²) in [5.41, 5.74) is 1.13. The second-order valence-electron chi connectivity index (χ2n) is 6.28. The van der Waals surface area contributed by atoms with Crippen molar-refractivity contribution in [3.8, 4) is 34.8 Å². The number of nitriles is 1. The van der Waals surface area contributed by atoms with Crippen LogP contribution in [0.2, 0.25) is 15.1 Å². The average molecular weight is 473 g/mol. The van der Waals surface area contributed by atoms with Crippen LogP contribution in [0.5, 0.6) is 17.2 Å². The van der Waals surface area contributed by atoms with Crippen molar-refractivity contribution in [2.75, 3.05) is 0 Å². The molecule has 0 saturated heterocycles. The van der Waals surface area contributed by atoms with Crippen LogP contribution in [0.4, 0.5) is 0 Å². The highest BCUT2D eigenvalue weighted by Gasteiger charge is 2.11. The molecule has 0 bridgehead atoms. The van der Waals surface area contributed by atoms with Gasteiger partial charge in [-0.25, -0.2) is 0 Å². The van der Waals surface area contributed by atoms with Crippen molar-refractivity contribution in [2.24, 2.45) is 0 Å². The molecule has 1 aromatic heterocycles. The number of halogens is 3. The fourth-order valence-electron chi connectivity index (χ4n) is 2.63. The Bertz CT molecular complexity index is 1270. The molecule has 0 aliphatic rings. The van der Waals surface area contributed by atoms with Gasteiger partial charge in [-0.05, 0) is 54.6 Å². The molecule has 0 aliphatic heterocycles. The Balaban J connectivity index is 1.46. The lowest BCUT2D eigenvalue weighted by Crippen LogP contribution is -1.96. The molecular formula is C22H12Cl3N3O3. The second-order valence-corrected chi connectivity index (χ2v) is 7.56. The zero-order valence-electron chi connectivity index (χ0n) is 15.7. The van der Waals surface area contributed by atoms with Gasteiger partial charge in [-0.2, -0.15) is 5.26 Å². The largest absolute Gasteiger partial charge is 0.484 e. The van der Waals surface area contributed by atoms with E-state index in [0.717, 1.165) is 5.56 Å². The van der Waals surface area contributed by atoms with Crippen molar-refractivity contribution in [3.63, 3.8) is 0 Å². The van der Waals surface area contributed by atoms with Crippen LogP contribution in [0.25, 0.3) is 11.5 Å². The first-order valence-electron chi connectivity index (χ1n) is 8.89. The third-order valence-corrected chi connectivity index (χ3v) is 4.83. The van der Waals surface area contributed by atoms with Gasteiger partial charge in [0.2, 0.25) is 5.89 Å². The number of nitrogens with zero attached hydrogens (tertiary/aromatic N) is 3. The molecule has 6 nitrogen and oxygen atoms in total. The van der Waals surface area contributed by atoms with Crippen molar-refractivity contribution < 1.29 is 13.9 Å². The minimum atomic E-state index is 0.0530. The minimum absolute atomic E-state index is 0.0530. The molecule has 1 heterocycles. The Labute approximate surface area is 192 Å². The average Bonchev–Trinajstić information content (AvgIpc) is 3.23. The molecule has 4 aromatic rings. The highest BCUT2D eigenvalue weighted by molar-refractivity contribution is 6.32. The number of benzene rings is 3. The van der Waals surface area contributed by atoms with E-state index in [1.807, 2.05) is 6.07 Å². The van der Waals surface area contributed by atoms with Crippen LogP contribution in [0.3, 0.4) is 0 Å². The van der Waals surface area contributed by atoms with Crippen molar-refractivity contribution >= 4 is 34.8 Å². The topological polar surface area (TPSA) is 81.2 Å². The molecule has 154 valence electrons. The van der Waals surface area contributed by atoms with E-state index in [0.29, 0.717) is 49.7 Å². The number of ether oxygens (including phenoxy) is 2. The molecule has 0 spiro atoms. The predicted octanol–water partition coefficient (Wildman–Crippen LogP) is 6.94. The molecular weight excluding hydrogens is 461 g/mol. The SMILES string of the molecule is N#Cc1cc(Cl)cc(Oc2cc(OCc3nnc(-c4ccc(Cl)cc4)o3)ccc2Cl)c1. The Kier molecular flexibility index (Phi) is 6.28. The van der Waals surface area contributed by atoms with Gasteiger partial charge in [0.05, 0.1) is 16.7 Å². The van der Waals surface area contributed by atoms with Gasteiger partial charge < -0.3 is 13.9 Å². The van der Waals surface area contributed by atoms with E-state index in [1.54, 1.807) is 54.6 Å². The molecule has 0 fully saturated rings. The standard InChI is InChI=1S/C22H12Cl3N3O3/c23-15-3-1-14(2-4-15)22-28-27-21(31-22)12-29-17-5-6-19(25)20(10-17)30-18-8-13(11-26)7-16(24)9-18/h1-10H,12H2. The predicted molar refractivity (Wildman–Crippen MR) is 117 cm³/mol. The van der Waals surface area contributed by atoms with E-state index in [9.17, 15) is 0 Å². The first-order chi connectivity index (χ1) is 15.0. The van der Waals surface area contributed by atoms with Crippen molar-refractivity contribution in [1.29, 1.82) is 5.26 Å². The molecule has 3 aromatic carbocycles. The summed E-state index contributed by atoms with van der Waals surface area (Å²) in [5, 5.41) is 18.5. The van der Waals surface area contributed by atoms with Gasteiger partial charge in [0, 0.05) is 21.7 Å². The van der Waals surface area contributed by atoms with Gasteiger partial charge in [0.15, 0.2) is 6.61 Å². The lowest BCUT2D eigenvalue weighted by atomic mass is 10.2. The maximum atomic E-state index is 9.08. The first-order valence-corrected chi connectivity index (χ1v) is 10.0. The maximum absolute atomic E-state index is 9.08. The third kappa shape index (κ3) is 5.28. The van der Waals surface area contributed by atoms with Gasteiger partial charge in [-0.3, -0.25) is 0 Å². The summed E-state index contributed by atoms with van der Waals surface area (Å²) in [7, 11) is 0. The zero-order valence-corrected chi connectivity index (χ0v) is 17.9. The molecule has 0 unspecified atom stereocenters. The molecule has 0 atom stereocenters. The van der Waals surface area contributed by atoms with Crippen LogP contribution in [0, 0.1) is 11.3 Å². The Hall–Kier alpha value is -3.24. The fraction of sp³-hybridized carbons (Fsp3) is 0.0455. The van der Waals surface area contributed by atoms with Gasteiger partial charge in [-0.1, -0.05) is 34.8 Å². The molecule has 0 N–H and O–H groups in total.